The van der Waals surface area contributed by atoms with Gasteiger partial charge < -0.3 is 14.9 Å². The second-order valence-corrected chi connectivity index (χ2v) is 10.7. The molecule has 2 fully saturated rings. The van der Waals surface area contributed by atoms with E-state index in [1.165, 1.54) is 37.6 Å². The van der Waals surface area contributed by atoms with Crippen molar-refractivity contribution in [2.45, 2.75) is 56.9 Å². The second kappa shape index (κ2) is 9.69. The van der Waals surface area contributed by atoms with Crippen LogP contribution in [-0.2, 0) is 10.0 Å². The number of nitrogens with zero attached hydrogens (tertiary/aromatic N) is 3. The van der Waals surface area contributed by atoms with Gasteiger partial charge in [-0.15, -0.1) is 0 Å². The van der Waals surface area contributed by atoms with E-state index < -0.39 is 16.0 Å². The van der Waals surface area contributed by atoms with E-state index in [1.807, 2.05) is 18.7 Å². The van der Waals surface area contributed by atoms with Crippen molar-refractivity contribution >= 4 is 27.5 Å². The van der Waals surface area contributed by atoms with Gasteiger partial charge in [0, 0.05) is 19.1 Å². The van der Waals surface area contributed by atoms with Crippen LogP contribution in [0.4, 0.5) is 11.5 Å². The predicted molar refractivity (Wildman–Crippen MR) is 129 cm³/mol. The molecule has 0 bridgehead atoms. The van der Waals surface area contributed by atoms with Crippen LogP contribution in [0, 0.1) is 13.8 Å². The minimum atomic E-state index is -3.85. The minimum absolute atomic E-state index is 0.00621. The minimum Gasteiger partial charge on any atom is -0.478 e. The summed E-state index contributed by atoms with van der Waals surface area (Å²) in [6.45, 7) is 7.54. The molecule has 8 nitrogen and oxygen atoms in total. The van der Waals surface area contributed by atoms with E-state index >= 15 is 0 Å². The van der Waals surface area contributed by atoms with Crippen LogP contribution in [0.1, 0.15) is 53.6 Å². The summed E-state index contributed by atoms with van der Waals surface area (Å²) < 4.78 is 28.1. The lowest BCUT2D eigenvalue weighted by atomic mass is 9.99. The summed E-state index contributed by atoms with van der Waals surface area (Å²) in [4.78, 5) is 21.1. The Morgan fingerprint density at radius 2 is 1.73 bits per heavy atom. The van der Waals surface area contributed by atoms with Crippen LogP contribution >= 0.6 is 0 Å². The first-order chi connectivity index (χ1) is 15.7. The highest BCUT2D eigenvalue weighted by Crippen LogP contribution is 2.28. The van der Waals surface area contributed by atoms with Crippen molar-refractivity contribution in [3.63, 3.8) is 0 Å². The molecule has 1 aromatic carbocycles. The number of carboxylic acids is 1. The zero-order valence-corrected chi connectivity index (χ0v) is 20.1. The van der Waals surface area contributed by atoms with E-state index in [1.54, 1.807) is 12.1 Å². The Morgan fingerprint density at radius 3 is 2.36 bits per heavy atom. The Bertz CT molecular complexity index is 1120. The van der Waals surface area contributed by atoms with Crippen LogP contribution in [0.5, 0.6) is 0 Å². The lowest BCUT2D eigenvalue weighted by Gasteiger charge is -2.40. The fourth-order valence-electron chi connectivity index (χ4n) is 4.74. The van der Waals surface area contributed by atoms with Gasteiger partial charge in [0.2, 0.25) is 0 Å². The zero-order valence-electron chi connectivity index (χ0n) is 19.2. The summed E-state index contributed by atoms with van der Waals surface area (Å²) in [5, 5.41) is 9.81. The lowest BCUT2D eigenvalue weighted by Crippen LogP contribution is -2.47. The quantitative estimate of drug-likeness (QED) is 0.661. The van der Waals surface area contributed by atoms with Crippen LogP contribution in [0.25, 0.3) is 0 Å². The monoisotopic (exact) mass is 472 g/mol. The van der Waals surface area contributed by atoms with Crippen molar-refractivity contribution in [3.05, 3.63) is 47.2 Å². The molecular formula is C24H32N4O4S. The molecule has 0 amide bonds. The highest BCUT2D eigenvalue weighted by Gasteiger charge is 2.28. The van der Waals surface area contributed by atoms with Gasteiger partial charge in [0.15, 0.2) is 0 Å². The molecule has 0 saturated carbocycles. The Morgan fingerprint density at radius 1 is 1.03 bits per heavy atom. The number of nitrogens with one attached hydrogen (secondary N) is 1. The van der Waals surface area contributed by atoms with E-state index in [0.29, 0.717) is 11.9 Å². The summed E-state index contributed by atoms with van der Waals surface area (Å²) in [5.74, 6) is -0.725. The molecule has 2 saturated heterocycles. The number of benzene rings is 1. The number of carboxylic acid groups (broad SMARTS) is 1. The number of hydrogen-bond acceptors (Lipinski definition) is 6. The van der Waals surface area contributed by atoms with Gasteiger partial charge in [-0.2, -0.15) is 0 Å². The van der Waals surface area contributed by atoms with E-state index in [2.05, 4.69) is 14.6 Å². The fraction of sp³-hybridized carbons (Fsp3) is 0.500. The van der Waals surface area contributed by atoms with Gasteiger partial charge in [0.05, 0.1) is 16.8 Å². The van der Waals surface area contributed by atoms with Crippen LogP contribution in [0.3, 0.4) is 0 Å². The van der Waals surface area contributed by atoms with Crippen molar-refractivity contribution < 1.29 is 18.3 Å². The molecule has 2 N–H and O–H groups in total. The molecule has 0 unspecified atom stereocenters. The molecule has 4 rings (SSSR count). The molecule has 2 aliphatic heterocycles. The van der Waals surface area contributed by atoms with Gasteiger partial charge in [0.1, 0.15) is 11.4 Å². The third-order valence-corrected chi connectivity index (χ3v) is 8.19. The molecule has 9 heteroatoms. The molecule has 3 heterocycles. The van der Waals surface area contributed by atoms with Gasteiger partial charge in [-0.3, -0.25) is 4.72 Å². The summed E-state index contributed by atoms with van der Waals surface area (Å²) in [6, 6.07) is 6.79. The van der Waals surface area contributed by atoms with Crippen molar-refractivity contribution in [2.75, 3.05) is 35.8 Å². The largest absolute Gasteiger partial charge is 0.478 e. The molecular weight excluding hydrogens is 440 g/mol. The molecule has 2 aliphatic rings. The van der Waals surface area contributed by atoms with E-state index in [9.17, 15) is 18.3 Å². The number of aromatic nitrogens is 1. The first kappa shape index (κ1) is 23.5. The number of pyridine rings is 1. The highest BCUT2D eigenvalue weighted by molar-refractivity contribution is 7.92. The second-order valence-electron chi connectivity index (χ2n) is 9.07. The highest BCUT2D eigenvalue weighted by atomic mass is 32.2. The summed E-state index contributed by atoms with van der Waals surface area (Å²) in [5.41, 5.74) is 2.01. The van der Waals surface area contributed by atoms with Crippen LogP contribution in [0.2, 0.25) is 0 Å². The number of piperidine rings is 2. The molecule has 33 heavy (non-hydrogen) atoms. The normalized spacial score (nSPS) is 18.3. The van der Waals surface area contributed by atoms with Gasteiger partial charge in [-0.1, -0.05) is 12.5 Å². The Hall–Kier alpha value is -2.65. The van der Waals surface area contributed by atoms with E-state index in [4.69, 9.17) is 0 Å². The number of carbonyl (C=O) groups is 1. The van der Waals surface area contributed by atoms with Crippen molar-refractivity contribution in [1.29, 1.82) is 0 Å². The molecule has 2 aromatic rings. The average Bonchev–Trinajstić information content (AvgIpc) is 2.81. The predicted octanol–water partition coefficient (Wildman–Crippen LogP) is 3.65. The van der Waals surface area contributed by atoms with Gasteiger partial charge >= 0.3 is 5.97 Å². The number of aromatic carboxylic acids is 1. The zero-order chi connectivity index (χ0) is 23.6. The van der Waals surface area contributed by atoms with Gasteiger partial charge in [0.25, 0.3) is 10.0 Å². The Labute approximate surface area is 195 Å². The maximum atomic E-state index is 12.8. The molecule has 0 atom stereocenters. The third kappa shape index (κ3) is 5.30. The van der Waals surface area contributed by atoms with Gasteiger partial charge in [-0.25, -0.2) is 18.2 Å². The number of anilines is 2. The van der Waals surface area contributed by atoms with E-state index in [-0.39, 0.29) is 16.1 Å². The first-order valence-electron chi connectivity index (χ1n) is 11.6. The van der Waals surface area contributed by atoms with Crippen molar-refractivity contribution in [2.24, 2.45) is 0 Å². The number of sulfonamides is 1. The third-order valence-electron chi connectivity index (χ3n) is 6.81. The molecule has 0 aliphatic carbocycles. The van der Waals surface area contributed by atoms with Gasteiger partial charge in [-0.05, 0) is 81.9 Å². The smallest absolute Gasteiger partial charge is 0.339 e. The summed E-state index contributed by atoms with van der Waals surface area (Å²) >= 11 is 0. The first-order valence-corrected chi connectivity index (χ1v) is 13.1. The maximum Gasteiger partial charge on any atom is 0.339 e. The topological polar surface area (TPSA) is 103 Å². The van der Waals surface area contributed by atoms with Crippen molar-refractivity contribution in [3.8, 4) is 0 Å². The SMILES string of the molecule is Cc1ccc(S(=O)(=O)Nc2cnc(N3CCC(N4CCCCC4)CC3)c(C(=O)O)c2)cc1C. The van der Waals surface area contributed by atoms with Crippen molar-refractivity contribution in [1.82, 2.24) is 9.88 Å². The summed E-state index contributed by atoms with van der Waals surface area (Å²) in [7, 11) is -3.85. The standard InChI is InChI=1S/C24H32N4O4S/c1-17-6-7-21(14-18(17)2)33(31,32)26-19-15-22(24(29)30)23(25-16-19)28-12-8-20(9-13-28)27-10-4-3-5-11-27/h6-7,14-16,20,26H,3-5,8-13H2,1-2H3,(H,29,30). The number of aryl methyl sites for hydroxylation is 2. The fourth-order valence-corrected chi connectivity index (χ4v) is 5.86. The van der Waals surface area contributed by atoms with Crippen LogP contribution in [-0.4, -0.2) is 61.6 Å². The summed E-state index contributed by atoms with van der Waals surface area (Å²) in [6.07, 6.45) is 7.16. The molecule has 178 valence electrons. The van der Waals surface area contributed by atoms with E-state index in [0.717, 1.165) is 50.1 Å². The van der Waals surface area contributed by atoms with Crippen LogP contribution in [0.15, 0.2) is 35.4 Å². The Kier molecular flexibility index (Phi) is 6.90. The molecule has 1 aromatic heterocycles. The maximum absolute atomic E-state index is 12.8. The number of rotatable bonds is 6. The van der Waals surface area contributed by atoms with Crippen LogP contribution < -0.4 is 9.62 Å². The Balaban J connectivity index is 1.50. The average molecular weight is 473 g/mol. The number of hydrogen-bond donors (Lipinski definition) is 2. The molecule has 0 radical (unpaired) electrons. The molecule has 0 spiro atoms. The number of likely N-dealkylation sites (tertiary alicyclic amines) is 1. The lowest BCUT2D eigenvalue weighted by molar-refractivity contribution is 0.0697.